The van der Waals surface area contributed by atoms with Crippen LogP contribution >= 0.6 is 34.8 Å². The molecule has 0 saturated carbocycles. The van der Waals surface area contributed by atoms with Crippen molar-refractivity contribution in [2.45, 2.75) is 26.4 Å². The van der Waals surface area contributed by atoms with E-state index in [1.54, 1.807) is 75.6 Å². The molecule has 7 nitrogen and oxygen atoms in total. The number of benzene rings is 2. The molecule has 0 N–H and O–H groups in total. The Kier molecular flexibility index (Phi) is 8.10. The first kappa shape index (κ1) is 29.3. The van der Waals surface area contributed by atoms with Gasteiger partial charge in [-0.15, -0.1) is 0 Å². The highest BCUT2D eigenvalue weighted by molar-refractivity contribution is 6.42. The van der Waals surface area contributed by atoms with E-state index in [9.17, 15) is 9.59 Å². The third-order valence-electron chi connectivity index (χ3n) is 6.20. The maximum absolute atomic E-state index is 14.3. The van der Waals surface area contributed by atoms with Crippen molar-refractivity contribution in [1.82, 2.24) is 14.7 Å². The summed E-state index contributed by atoms with van der Waals surface area (Å²) in [5.74, 6) is -0.732. The van der Waals surface area contributed by atoms with Crippen LogP contribution in [0.5, 0.6) is 0 Å². The van der Waals surface area contributed by atoms with Crippen molar-refractivity contribution in [3.05, 3.63) is 105 Å². The second kappa shape index (κ2) is 11.6. The van der Waals surface area contributed by atoms with Crippen LogP contribution in [0.15, 0.2) is 78.1 Å². The quantitative estimate of drug-likeness (QED) is 0.139. The van der Waals surface area contributed by atoms with Gasteiger partial charge in [0.25, 0.3) is 5.91 Å². The first-order valence-corrected chi connectivity index (χ1v) is 13.9. The average Bonchev–Trinajstić information content (AvgIpc) is 3.55. The van der Waals surface area contributed by atoms with Gasteiger partial charge < -0.3 is 9.26 Å². The highest BCUT2D eigenvalue weighted by Gasteiger charge is 2.30. The molecular formula is C32H24Cl3N3O4. The van der Waals surface area contributed by atoms with Gasteiger partial charge in [-0.1, -0.05) is 58.7 Å². The van der Waals surface area contributed by atoms with E-state index in [1.165, 1.54) is 22.8 Å². The molecule has 0 spiro atoms. The smallest absolute Gasteiger partial charge is 0.331 e. The first-order chi connectivity index (χ1) is 20.0. The predicted molar refractivity (Wildman–Crippen MR) is 167 cm³/mol. The van der Waals surface area contributed by atoms with E-state index in [2.05, 4.69) is 16.7 Å². The Morgan fingerprint density at radius 2 is 1.79 bits per heavy atom. The van der Waals surface area contributed by atoms with Gasteiger partial charge in [0.1, 0.15) is 16.9 Å². The third-order valence-corrected chi connectivity index (χ3v) is 7.01. The Morgan fingerprint density at radius 1 is 1.05 bits per heavy atom. The Balaban J connectivity index is 1.65. The Morgan fingerprint density at radius 3 is 2.43 bits per heavy atom. The Bertz CT molecular complexity index is 1860. The summed E-state index contributed by atoms with van der Waals surface area (Å²) in [6, 6.07) is 13.8. The van der Waals surface area contributed by atoms with Gasteiger partial charge in [0.2, 0.25) is 0 Å². The van der Waals surface area contributed by atoms with Crippen molar-refractivity contribution < 1.29 is 18.8 Å². The van der Waals surface area contributed by atoms with E-state index >= 15 is 0 Å². The van der Waals surface area contributed by atoms with Crippen molar-refractivity contribution in [3.8, 4) is 22.6 Å². The summed E-state index contributed by atoms with van der Waals surface area (Å²) in [5.41, 5.74) is 2.45. The lowest BCUT2D eigenvalue weighted by molar-refractivity contribution is -0.148. The molecular weight excluding hydrogens is 597 g/mol. The minimum Gasteiger partial charge on any atom is -0.457 e. The molecule has 0 saturated heterocycles. The van der Waals surface area contributed by atoms with E-state index in [-0.39, 0.29) is 27.1 Å². The second-order valence-corrected chi connectivity index (χ2v) is 11.5. The summed E-state index contributed by atoms with van der Waals surface area (Å²) in [4.78, 5) is 31.0. The minimum atomic E-state index is -0.616. The number of hydrogen-bond acceptors (Lipinski definition) is 6. The highest BCUT2D eigenvalue weighted by atomic mass is 35.5. The zero-order valence-electron chi connectivity index (χ0n) is 22.8. The number of ether oxygens (including phenoxy) is 1. The SMILES string of the molecule is C=Cc1ccc(-c2onc(-c3c(Cl)cc(Cl)cc3Cl)c2C(=O)n2ccc3c(/C=C/C(=O)OC(C)(C)C)cccc32)cn1. The summed E-state index contributed by atoms with van der Waals surface area (Å²) >= 11 is 19.2. The van der Waals surface area contributed by atoms with Crippen LogP contribution in [0.2, 0.25) is 15.1 Å². The van der Waals surface area contributed by atoms with Crippen LogP contribution in [-0.2, 0) is 9.53 Å². The molecule has 0 radical (unpaired) electrons. The molecule has 10 heteroatoms. The van der Waals surface area contributed by atoms with Gasteiger partial charge in [0.05, 0.1) is 21.3 Å². The fourth-order valence-corrected chi connectivity index (χ4v) is 5.41. The molecule has 0 atom stereocenters. The number of esters is 1. The fraction of sp³-hybridized carbons (Fsp3) is 0.125. The van der Waals surface area contributed by atoms with Crippen LogP contribution in [0.25, 0.3) is 45.6 Å². The predicted octanol–water partition coefficient (Wildman–Crippen LogP) is 9.00. The lowest BCUT2D eigenvalue weighted by atomic mass is 10.0. The molecule has 2 aromatic carbocycles. The molecule has 212 valence electrons. The second-order valence-electron chi connectivity index (χ2n) is 10.3. The van der Waals surface area contributed by atoms with Gasteiger partial charge in [-0.2, -0.15) is 0 Å². The fourth-order valence-electron chi connectivity index (χ4n) is 4.41. The van der Waals surface area contributed by atoms with Gasteiger partial charge in [-0.05, 0) is 74.9 Å². The lowest BCUT2D eigenvalue weighted by Crippen LogP contribution is -2.22. The third kappa shape index (κ3) is 5.90. The van der Waals surface area contributed by atoms with E-state index in [0.29, 0.717) is 27.4 Å². The number of carbonyl (C=O) groups excluding carboxylic acids is 2. The van der Waals surface area contributed by atoms with E-state index < -0.39 is 17.5 Å². The van der Waals surface area contributed by atoms with Crippen molar-refractivity contribution in [2.75, 3.05) is 0 Å². The number of carbonyl (C=O) groups is 2. The molecule has 0 unspecified atom stereocenters. The topological polar surface area (TPSA) is 87.2 Å². The number of fused-ring (bicyclic) bond motifs is 1. The molecule has 0 aliphatic heterocycles. The summed E-state index contributed by atoms with van der Waals surface area (Å²) in [6.07, 6.45) is 7.83. The van der Waals surface area contributed by atoms with E-state index in [4.69, 9.17) is 44.1 Å². The highest BCUT2D eigenvalue weighted by Crippen LogP contribution is 2.41. The average molecular weight is 621 g/mol. The molecule has 0 amide bonds. The molecule has 0 fully saturated rings. The van der Waals surface area contributed by atoms with Gasteiger partial charge in [-0.25, -0.2) is 4.79 Å². The van der Waals surface area contributed by atoms with Crippen LogP contribution in [0.3, 0.4) is 0 Å². The molecule has 0 bridgehead atoms. The molecule has 5 aromatic rings. The zero-order chi connectivity index (χ0) is 30.2. The van der Waals surface area contributed by atoms with Gasteiger partial charge in [0.15, 0.2) is 5.76 Å². The number of aromatic nitrogens is 3. The number of halogens is 3. The largest absolute Gasteiger partial charge is 0.457 e. The minimum absolute atomic E-state index is 0.126. The van der Waals surface area contributed by atoms with Crippen LogP contribution in [-0.4, -0.2) is 32.2 Å². The lowest BCUT2D eigenvalue weighted by Gasteiger charge is -2.17. The van der Waals surface area contributed by atoms with Crippen molar-refractivity contribution in [2.24, 2.45) is 0 Å². The Labute approximate surface area is 257 Å². The van der Waals surface area contributed by atoms with Crippen molar-refractivity contribution in [1.29, 1.82) is 0 Å². The number of pyridine rings is 1. The maximum Gasteiger partial charge on any atom is 0.331 e. The van der Waals surface area contributed by atoms with Crippen LogP contribution in [0, 0.1) is 0 Å². The molecule has 3 heterocycles. The summed E-state index contributed by atoms with van der Waals surface area (Å²) in [6.45, 7) is 9.13. The molecule has 0 aliphatic rings. The number of hydrogen-bond donors (Lipinski definition) is 0. The summed E-state index contributed by atoms with van der Waals surface area (Å²) in [7, 11) is 0. The van der Waals surface area contributed by atoms with E-state index in [1.807, 2.05) is 6.07 Å². The standard InChI is InChI=1S/C32H24Cl3N3O4/c1-5-21-11-9-19(17-36-21)30-28(29(37-42-30)27-23(34)15-20(33)16-24(27)35)31(40)38-14-13-22-18(7-6-8-25(22)38)10-12-26(39)41-32(2,3)4/h5-17H,1H2,2-4H3/b12-10+. The van der Waals surface area contributed by atoms with Crippen LogP contribution in [0.1, 0.15) is 42.4 Å². The van der Waals surface area contributed by atoms with Gasteiger partial charge >= 0.3 is 5.97 Å². The molecule has 0 aliphatic carbocycles. The zero-order valence-corrected chi connectivity index (χ0v) is 25.1. The first-order valence-electron chi connectivity index (χ1n) is 12.8. The number of nitrogens with zero attached hydrogens (tertiary/aromatic N) is 3. The van der Waals surface area contributed by atoms with Crippen molar-refractivity contribution >= 4 is 69.7 Å². The maximum atomic E-state index is 14.3. The summed E-state index contributed by atoms with van der Waals surface area (Å²) < 4.78 is 12.6. The summed E-state index contributed by atoms with van der Waals surface area (Å²) in [5, 5.41) is 5.71. The van der Waals surface area contributed by atoms with Crippen LogP contribution in [0.4, 0.5) is 0 Å². The normalized spacial score (nSPS) is 11.8. The van der Waals surface area contributed by atoms with Crippen molar-refractivity contribution in [3.63, 3.8) is 0 Å². The molecule has 5 rings (SSSR count). The Hall–Kier alpha value is -4.17. The van der Waals surface area contributed by atoms with E-state index in [0.717, 1.165) is 10.9 Å². The monoisotopic (exact) mass is 619 g/mol. The van der Waals surface area contributed by atoms with Gasteiger partial charge in [-0.3, -0.25) is 14.3 Å². The van der Waals surface area contributed by atoms with Gasteiger partial charge in [0, 0.05) is 40.0 Å². The molecule has 42 heavy (non-hydrogen) atoms. The van der Waals surface area contributed by atoms with Crippen LogP contribution < -0.4 is 0 Å². The number of rotatable bonds is 6. The molecule has 3 aromatic heterocycles.